The number of nitrogens with one attached hydrogen (secondary N) is 2. The molecule has 0 spiro atoms. The molecule has 1 heterocycles. The third-order valence-corrected chi connectivity index (χ3v) is 2.98. The standard InChI is InChI=1S/C14H16N4O4/c1-21-10-4-3-9(12(7-10)22-2)8-15-18-14(20)11-5-6-13(19)17-16-11/h3-4,7-8H,5-6H2,1-2H3,(H,17,19)(H,18,20). The Bertz CT molecular complexity index is 640. The molecule has 2 rings (SSSR count). The molecule has 2 amide bonds. The van der Waals surface area contributed by atoms with Gasteiger partial charge in [-0.2, -0.15) is 10.2 Å². The summed E-state index contributed by atoms with van der Waals surface area (Å²) in [4.78, 5) is 22.7. The Balaban J connectivity index is 2.00. The van der Waals surface area contributed by atoms with Gasteiger partial charge < -0.3 is 9.47 Å². The van der Waals surface area contributed by atoms with Crippen molar-refractivity contribution in [2.45, 2.75) is 12.8 Å². The summed E-state index contributed by atoms with van der Waals surface area (Å²) in [5.74, 6) is 0.566. The molecule has 0 bridgehead atoms. The molecule has 22 heavy (non-hydrogen) atoms. The van der Waals surface area contributed by atoms with Crippen molar-refractivity contribution in [1.82, 2.24) is 10.9 Å². The molecule has 8 heteroatoms. The number of hydrogen-bond acceptors (Lipinski definition) is 6. The van der Waals surface area contributed by atoms with E-state index in [1.54, 1.807) is 25.3 Å². The predicted octanol–water partition coefficient (Wildman–Crippen LogP) is 0.420. The van der Waals surface area contributed by atoms with Gasteiger partial charge >= 0.3 is 0 Å². The van der Waals surface area contributed by atoms with Gasteiger partial charge in [0.05, 0.1) is 20.4 Å². The quantitative estimate of drug-likeness (QED) is 0.608. The lowest BCUT2D eigenvalue weighted by molar-refractivity contribution is -0.121. The van der Waals surface area contributed by atoms with Gasteiger partial charge in [0.25, 0.3) is 5.91 Å². The summed E-state index contributed by atoms with van der Waals surface area (Å²) in [5.41, 5.74) is 5.53. The fraction of sp³-hybridized carbons (Fsp3) is 0.286. The lowest BCUT2D eigenvalue weighted by Crippen LogP contribution is -2.34. The van der Waals surface area contributed by atoms with Crippen LogP contribution in [0.1, 0.15) is 18.4 Å². The molecule has 8 nitrogen and oxygen atoms in total. The second kappa shape index (κ2) is 7.21. The van der Waals surface area contributed by atoms with Gasteiger partial charge in [0.1, 0.15) is 17.2 Å². The zero-order valence-corrected chi connectivity index (χ0v) is 12.3. The normalized spacial score (nSPS) is 14.3. The molecular formula is C14H16N4O4. The van der Waals surface area contributed by atoms with Crippen molar-refractivity contribution < 1.29 is 19.1 Å². The molecule has 0 atom stereocenters. The monoisotopic (exact) mass is 304 g/mol. The number of rotatable bonds is 5. The number of carbonyl (C=O) groups is 2. The maximum atomic E-state index is 11.8. The van der Waals surface area contributed by atoms with Crippen LogP contribution >= 0.6 is 0 Å². The minimum atomic E-state index is -0.455. The van der Waals surface area contributed by atoms with Crippen LogP contribution in [0.15, 0.2) is 28.4 Å². The van der Waals surface area contributed by atoms with Crippen molar-refractivity contribution in [2.24, 2.45) is 10.2 Å². The van der Waals surface area contributed by atoms with Gasteiger partial charge in [-0.1, -0.05) is 0 Å². The zero-order valence-electron chi connectivity index (χ0n) is 12.3. The van der Waals surface area contributed by atoms with Crippen LogP contribution in [0.2, 0.25) is 0 Å². The van der Waals surface area contributed by atoms with Crippen LogP contribution in [-0.4, -0.2) is 38.0 Å². The van der Waals surface area contributed by atoms with Gasteiger partial charge in [-0.3, -0.25) is 9.59 Å². The van der Waals surface area contributed by atoms with Gasteiger partial charge in [0.2, 0.25) is 5.91 Å². The number of nitrogens with zero attached hydrogens (tertiary/aromatic N) is 2. The largest absolute Gasteiger partial charge is 0.497 e. The van der Waals surface area contributed by atoms with Crippen LogP contribution < -0.4 is 20.3 Å². The highest BCUT2D eigenvalue weighted by atomic mass is 16.5. The Morgan fingerprint density at radius 1 is 1.36 bits per heavy atom. The summed E-state index contributed by atoms with van der Waals surface area (Å²) in [6.45, 7) is 0. The summed E-state index contributed by atoms with van der Waals surface area (Å²) in [6.07, 6.45) is 1.99. The maximum absolute atomic E-state index is 11.8. The van der Waals surface area contributed by atoms with E-state index in [-0.39, 0.29) is 18.0 Å². The summed E-state index contributed by atoms with van der Waals surface area (Å²) in [5, 5.41) is 7.54. The molecule has 1 aliphatic rings. The van der Waals surface area contributed by atoms with Crippen molar-refractivity contribution >= 4 is 23.7 Å². The van der Waals surface area contributed by atoms with E-state index in [9.17, 15) is 9.59 Å². The molecule has 0 radical (unpaired) electrons. The number of ether oxygens (including phenoxy) is 2. The first-order valence-electron chi connectivity index (χ1n) is 6.55. The molecular weight excluding hydrogens is 288 g/mol. The van der Waals surface area contributed by atoms with Crippen LogP contribution in [0, 0.1) is 0 Å². The van der Waals surface area contributed by atoms with Crippen LogP contribution in [0.4, 0.5) is 0 Å². The molecule has 1 aromatic carbocycles. The fourth-order valence-electron chi connectivity index (χ4n) is 1.79. The molecule has 1 aliphatic heterocycles. The van der Waals surface area contributed by atoms with Crippen LogP contribution in [0.3, 0.4) is 0 Å². The molecule has 116 valence electrons. The minimum absolute atomic E-state index is 0.206. The van der Waals surface area contributed by atoms with Gasteiger partial charge in [-0.25, -0.2) is 10.9 Å². The Hall–Kier alpha value is -2.90. The first-order chi connectivity index (χ1) is 10.6. The number of methoxy groups -OCH3 is 2. The average molecular weight is 304 g/mol. The summed E-state index contributed by atoms with van der Waals surface area (Å²) < 4.78 is 10.3. The van der Waals surface area contributed by atoms with Gasteiger partial charge in [0, 0.05) is 24.5 Å². The Morgan fingerprint density at radius 3 is 2.82 bits per heavy atom. The molecule has 0 aliphatic carbocycles. The molecule has 1 aromatic rings. The van der Waals surface area contributed by atoms with Crippen LogP contribution in [0.5, 0.6) is 11.5 Å². The number of hydrazone groups is 2. The second-order valence-electron chi connectivity index (χ2n) is 4.40. The van der Waals surface area contributed by atoms with E-state index >= 15 is 0 Å². The van der Waals surface area contributed by atoms with Gasteiger partial charge in [-0.05, 0) is 12.1 Å². The topological polar surface area (TPSA) is 101 Å². The fourth-order valence-corrected chi connectivity index (χ4v) is 1.79. The van der Waals surface area contributed by atoms with Gasteiger partial charge in [-0.15, -0.1) is 0 Å². The second-order valence-corrected chi connectivity index (χ2v) is 4.40. The zero-order chi connectivity index (χ0) is 15.9. The lowest BCUT2D eigenvalue weighted by atomic mass is 10.2. The third kappa shape index (κ3) is 3.81. The lowest BCUT2D eigenvalue weighted by Gasteiger charge is -2.10. The highest BCUT2D eigenvalue weighted by Crippen LogP contribution is 2.22. The first kappa shape index (κ1) is 15.5. The van der Waals surface area contributed by atoms with E-state index in [4.69, 9.17) is 9.47 Å². The molecule has 0 saturated heterocycles. The summed E-state index contributed by atoms with van der Waals surface area (Å²) >= 11 is 0. The average Bonchev–Trinajstić information content (AvgIpc) is 2.55. The number of hydrogen-bond donors (Lipinski definition) is 2. The van der Waals surface area contributed by atoms with E-state index < -0.39 is 5.91 Å². The summed E-state index contributed by atoms with van der Waals surface area (Å²) in [7, 11) is 3.09. The number of amides is 2. The molecule has 0 fully saturated rings. The SMILES string of the molecule is COc1ccc(C=NNC(=O)C2=NNC(=O)CC2)c(OC)c1. The molecule has 0 unspecified atom stereocenters. The van der Waals surface area contributed by atoms with Crippen molar-refractivity contribution in [2.75, 3.05) is 14.2 Å². The number of benzene rings is 1. The van der Waals surface area contributed by atoms with Gasteiger partial charge in [0.15, 0.2) is 0 Å². The van der Waals surface area contributed by atoms with E-state index in [2.05, 4.69) is 21.1 Å². The molecule has 2 N–H and O–H groups in total. The van der Waals surface area contributed by atoms with E-state index in [1.807, 2.05) is 0 Å². The first-order valence-corrected chi connectivity index (χ1v) is 6.55. The smallest absolute Gasteiger partial charge is 0.287 e. The van der Waals surface area contributed by atoms with Crippen molar-refractivity contribution in [3.63, 3.8) is 0 Å². The highest BCUT2D eigenvalue weighted by molar-refractivity contribution is 6.39. The van der Waals surface area contributed by atoms with Crippen molar-refractivity contribution in [3.8, 4) is 11.5 Å². The molecule has 0 saturated carbocycles. The minimum Gasteiger partial charge on any atom is -0.497 e. The highest BCUT2D eigenvalue weighted by Gasteiger charge is 2.17. The predicted molar refractivity (Wildman–Crippen MR) is 80.1 cm³/mol. The third-order valence-electron chi connectivity index (χ3n) is 2.98. The Morgan fingerprint density at radius 2 is 2.18 bits per heavy atom. The van der Waals surface area contributed by atoms with E-state index in [0.717, 1.165) is 0 Å². The van der Waals surface area contributed by atoms with Crippen molar-refractivity contribution in [3.05, 3.63) is 23.8 Å². The van der Waals surface area contributed by atoms with Crippen LogP contribution in [-0.2, 0) is 9.59 Å². The summed E-state index contributed by atoms with van der Waals surface area (Å²) in [6, 6.07) is 5.22. The van der Waals surface area contributed by atoms with Crippen molar-refractivity contribution in [1.29, 1.82) is 0 Å². The van der Waals surface area contributed by atoms with E-state index in [0.29, 0.717) is 23.5 Å². The Labute approximate surface area is 127 Å². The number of carbonyl (C=O) groups excluding carboxylic acids is 2. The van der Waals surface area contributed by atoms with E-state index in [1.165, 1.54) is 13.3 Å². The maximum Gasteiger partial charge on any atom is 0.287 e. The van der Waals surface area contributed by atoms with Crippen LogP contribution in [0.25, 0.3) is 0 Å². The Kier molecular flexibility index (Phi) is 5.07. The molecule has 0 aromatic heterocycles.